The van der Waals surface area contributed by atoms with Gasteiger partial charge in [0.1, 0.15) is 5.75 Å². The van der Waals surface area contributed by atoms with Crippen molar-refractivity contribution in [1.82, 2.24) is 0 Å². The Kier molecular flexibility index (Phi) is 6.40. The predicted molar refractivity (Wildman–Crippen MR) is 97.3 cm³/mol. The van der Waals surface area contributed by atoms with Crippen molar-refractivity contribution in [2.24, 2.45) is 0 Å². The Labute approximate surface area is 157 Å². The van der Waals surface area contributed by atoms with Crippen molar-refractivity contribution in [1.29, 1.82) is 0 Å². The zero-order valence-corrected chi connectivity index (χ0v) is 15.9. The van der Waals surface area contributed by atoms with Gasteiger partial charge in [-0.05, 0) is 36.4 Å². The Morgan fingerprint density at radius 1 is 1.00 bits per heavy atom. The fourth-order valence-corrected chi connectivity index (χ4v) is 3.41. The summed E-state index contributed by atoms with van der Waals surface area (Å²) in [5, 5.41) is 0. The Morgan fingerprint density at radius 2 is 1.63 bits per heavy atom. The van der Waals surface area contributed by atoms with E-state index in [0.29, 0.717) is 11.4 Å². The molecule has 0 bridgehead atoms. The molecule has 2 aromatic carbocycles. The summed E-state index contributed by atoms with van der Waals surface area (Å²) in [6.45, 7) is -0.522. The number of esters is 2. The molecule has 0 unspecified atom stereocenters. The monoisotopic (exact) mass is 393 g/mol. The lowest BCUT2D eigenvalue weighted by atomic mass is 10.2. The highest BCUT2D eigenvalue weighted by molar-refractivity contribution is 7.92. The van der Waals surface area contributed by atoms with Gasteiger partial charge in [-0.3, -0.25) is 4.31 Å². The lowest BCUT2D eigenvalue weighted by Crippen LogP contribution is -2.27. The van der Waals surface area contributed by atoms with E-state index >= 15 is 0 Å². The van der Waals surface area contributed by atoms with Gasteiger partial charge in [0, 0.05) is 7.05 Å². The second-order valence-corrected chi connectivity index (χ2v) is 7.29. The highest BCUT2D eigenvalue weighted by Gasteiger charge is 2.24. The fraction of sp³-hybridized carbons (Fsp3) is 0.222. The maximum absolute atomic E-state index is 12.8. The number of methoxy groups -OCH3 is 2. The van der Waals surface area contributed by atoms with Crippen LogP contribution in [0.3, 0.4) is 0 Å². The number of anilines is 1. The van der Waals surface area contributed by atoms with Gasteiger partial charge in [-0.15, -0.1) is 0 Å². The van der Waals surface area contributed by atoms with E-state index in [1.807, 2.05) is 0 Å². The molecule has 2 aromatic rings. The molecule has 0 radical (unpaired) electrons. The summed E-state index contributed by atoms with van der Waals surface area (Å²) in [5.74, 6) is -1.05. The summed E-state index contributed by atoms with van der Waals surface area (Å²) in [7, 11) is 0.166. The van der Waals surface area contributed by atoms with Crippen LogP contribution >= 0.6 is 0 Å². The Morgan fingerprint density at radius 3 is 2.22 bits per heavy atom. The zero-order chi connectivity index (χ0) is 20.0. The highest BCUT2D eigenvalue weighted by atomic mass is 32.2. The summed E-state index contributed by atoms with van der Waals surface area (Å²) < 4.78 is 41.1. The van der Waals surface area contributed by atoms with E-state index in [1.165, 1.54) is 45.5 Å². The molecular weight excluding hydrogens is 374 g/mol. The maximum Gasteiger partial charge on any atom is 0.344 e. The largest absolute Gasteiger partial charge is 0.495 e. The lowest BCUT2D eigenvalue weighted by molar-refractivity contribution is -0.144. The van der Waals surface area contributed by atoms with Crippen LogP contribution in [-0.4, -0.2) is 48.2 Å². The molecule has 0 fully saturated rings. The molecule has 0 amide bonds. The van der Waals surface area contributed by atoms with E-state index in [1.54, 1.807) is 24.3 Å². The number of hydrogen-bond donors (Lipinski definition) is 0. The van der Waals surface area contributed by atoms with Crippen LogP contribution in [0.5, 0.6) is 5.75 Å². The number of rotatable bonds is 7. The van der Waals surface area contributed by atoms with Crippen LogP contribution in [-0.2, 0) is 24.3 Å². The number of nitrogens with zero attached hydrogens (tertiary/aromatic N) is 1. The van der Waals surface area contributed by atoms with Crippen molar-refractivity contribution < 1.29 is 32.2 Å². The van der Waals surface area contributed by atoms with Crippen molar-refractivity contribution in [2.45, 2.75) is 4.90 Å². The third-order valence-electron chi connectivity index (χ3n) is 3.72. The average molecular weight is 393 g/mol. The molecule has 0 saturated heterocycles. The minimum atomic E-state index is -3.87. The fourth-order valence-electron chi connectivity index (χ4n) is 2.21. The van der Waals surface area contributed by atoms with Crippen molar-refractivity contribution >= 4 is 27.6 Å². The smallest absolute Gasteiger partial charge is 0.344 e. The summed E-state index contributed by atoms with van der Waals surface area (Å²) in [5.41, 5.74) is 0.486. The molecule has 0 atom stereocenters. The summed E-state index contributed by atoms with van der Waals surface area (Å²) in [6, 6.07) is 11.9. The molecule has 0 aromatic heterocycles. The molecule has 0 aliphatic rings. The molecule has 8 nitrogen and oxygen atoms in total. The Bertz CT molecular complexity index is 923. The first-order valence-corrected chi connectivity index (χ1v) is 9.21. The normalized spacial score (nSPS) is 10.8. The third kappa shape index (κ3) is 4.56. The Balaban J connectivity index is 2.22. The van der Waals surface area contributed by atoms with Gasteiger partial charge in [0.25, 0.3) is 10.0 Å². The van der Waals surface area contributed by atoms with E-state index in [-0.39, 0.29) is 10.5 Å². The van der Waals surface area contributed by atoms with Crippen molar-refractivity contribution in [2.75, 3.05) is 32.2 Å². The average Bonchev–Trinajstić information content (AvgIpc) is 2.71. The van der Waals surface area contributed by atoms with Crippen molar-refractivity contribution in [3.05, 3.63) is 54.1 Å². The number of para-hydroxylation sites is 2. The van der Waals surface area contributed by atoms with Crippen LogP contribution < -0.4 is 9.04 Å². The SMILES string of the molecule is COC(=O)COC(=O)c1ccc(S(=O)(=O)N(C)c2ccccc2OC)cc1. The third-order valence-corrected chi connectivity index (χ3v) is 5.51. The van der Waals surface area contributed by atoms with Gasteiger partial charge in [0.2, 0.25) is 0 Å². The first-order valence-electron chi connectivity index (χ1n) is 7.77. The molecular formula is C18H19NO7S. The van der Waals surface area contributed by atoms with Crippen LogP contribution in [0.15, 0.2) is 53.4 Å². The van der Waals surface area contributed by atoms with E-state index in [2.05, 4.69) is 4.74 Å². The zero-order valence-electron chi connectivity index (χ0n) is 15.0. The topological polar surface area (TPSA) is 99.2 Å². The van der Waals surface area contributed by atoms with Crippen molar-refractivity contribution in [3.8, 4) is 5.75 Å². The molecule has 0 aliphatic heterocycles. The van der Waals surface area contributed by atoms with Crippen LogP contribution in [0.1, 0.15) is 10.4 Å². The number of benzene rings is 2. The van der Waals surface area contributed by atoms with Gasteiger partial charge in [0.05, 0.1) is 30.4 Å². The number of carbonyl (C=O) groups is 2. The summed E-state index contributed by atoms with van der Waals surface area (Å²) >= 11 is 0. The summed E-state index contributed by atoms with van der Waals surface area (Å²) in [6.07, 6.45) is 0. The first-order chi connectivity index (χ1) is 12.8. The summed E-state index contributed by atoms with van der Waals surface area (Å²) in [4.78, 5) is 22.8. The maximum atomic E-state index is 12.8. The predicted octanol–water partition coefficient (Wildman–Crippen LogP) is 1.85. The Hall–Kier alpha value is -3.07. The highest BCUT2D eigenvalue weighted by Crippen LogP contribution is 2.30. The molecule has 0 spiro atoms. The molecule has 0 N–H and O–H groups in total. The number of carbonyl (C=O) groups excluding carboxylic acids is 2. The quantitative estimate of drug-likeness (QED) is 0.662. The minimum absolute atomic E-state index is 0.0135. The van der Waals surface area contributed by atoms with Crippen LogP contribution in [0, 0.1) is 0 Å². The molecule has 2 rings (SSSR count). The van der Waals surface area contributed by atoms with E-state index in [4.69, 9.17) is 9.47 Å². The number of hydrogen-bond acceptors (Lipinski definition) is 7. The van der Waals surface area contributed by atoms with E-state index in [0.717, 1.165) is 4.31 Å². The van der Waals surface area contributed by atoms with Gasteiger partial charge in [-0.1, -0.05) is 12.1 Å². The second kappa shape index (κ2) is 8.54. The molecule has 144 valence electrons. The second-order valence-electron chi connectivity index (χ2n) is 5.32. The number of ether oxygens (including phenoxy) is 3. The van der Waals surface area contributed by atoms with Gasteiger partial charge in [-0.25, -0.2) is 18.0 Å². The van der Waals surface area contributed by atoms with Crippen molar-refractivity contribution in [3.63, 3.8) is 0 Å². The van der Waals surface area contributed by atoms with Crippen LogP contribution in [0.25, 0.3) is 0 Å². The molecule has 0 saturated carbocycles. The first kappa shape index (κ1) is 20.2. The minimum Gasteiger partial charge on any atom is -0.495 e. The van der Waals surface area contributed by atoms with Gasteiger partial charge in [-0.2, -0.15) is 0 Å². The molecule has 27 heavy (non-hydrogen) atoms. The molecule has 9 heteroatoms. The molecule has 0 heterocycles. The van der Waals surface area contributed by atoms with Gasteiger partial charge >= 0.3 is 11.9 Å². The van der Waals surface area contributed by atoms with Crippen LogP contribution in [0.2, 0.25) is 0 Å². The molecule has 0 aliphatic carbocycles. The standard InChI is InChI=1S/C18H19NO7S/c1-19(15-6-4-5-7-16(15)24-2)27(22,23)14-10-8-13(9-11-14)18(21)26-12-17(20)25-3/h4-11H,12H2,1-3H3. The van der Waals surface area contributed by atoms with Gasteiger partial charge in [0.15, 0.2) is 6.61 Å². The van der Waals surface area contributed by atoms with E-state index in [9.17, 15) is 18.0 Å². The lowest BCUT2D eigenvalue weighted by Gasteiger charge is -2.21. The van der Waals surface area contributed by atoms with Crippen LogP contribution in [0.4, 0.5) is 5.69 Å². The van der Waals surface area contributed by atoms with E-state index < -0.39 is 28.6 Å². The van der Waals surface area contributed by atoms with Gasteiger partial charge < -0.3 is 14.2 Å². The number of sulfonamides is 1.